The second-order valence-corrected chi connectivity index (χ2v) is 6.96. The highest BCUT2D eigenvalue weighted by atomic mass is 16.5. The van der Waals surface area contributed by atoms with Crippen molar-refractivity contribution in [3.63, 3.8) is 0 Å². The number of benzene rings is 1. The molecule has 1 aromatic carbocycles. The summed E-state index contributed by atoms with van der Waals surface area (Å²) in [7, 11) is 3.22. The van der Waals surface area contributed by atoms with Crippen molar-refractivity contribution in [2.75, 3.05) is 65.3 Å². The standard InChI is InChI=1S/C20H31N5O3/c1-4-9-24-11-13-25(14-12-24)10-5-8-21-20-22-19(23-28-20)16-6-7-17(26-2)18(15-16)27-3/h6-7,15H,4-5,8-14H2,1-3H3,(H,21,22,23). The zero-order valence-electron chi connectivity index (χ0n) is 17.1. The Morgan fingerprint density at radius 3 is 2.43 bits per heavy atom. The molecule has 8 nitrogen and oxygen atoms in total. The lowest BCUT2D eigenvalue weighted by atomic mass is 10.2. The summed E-state index contributed by atoms with van der Waals surface area (Å²) in [5.41, 5.74) is 0.819. The number of hydrogen-bond acceptors (Lipinski definition) is 8. The van der Waals surface area contributed by atoms with E-state index < -0.39 is 0 Å². The van der Waals surface area contributed by atoms with Crippen molar-refractivity contribution in [3.8, 4) is 22.9 Å². The number of aromatic nitrogens is 2. The Labute approximate surface area is 166 Å². The van der Waals surface area contributed by atoms with Crippen LogP contribution in [-0.4, -0.2) is 80.0 Å². The number of nitrogens with zero attached hydrogens (tertiary/aromatic N) is 4. The number of methoxy groups -OCH3 is 2. The van der Waals surface area contributed by atoms with Gasteiger partial charge in [0.15, 0.2) is 11.5 Å². The van der Waals surface area contributed by atoms with Crippen LogP contribution in [0.5, 0.6) is 11.5 Å². The predicted molar refractivity (Wildman–Crippen MR) is 109 cm³/mol. The second-order valence-electron chi connectivity index (χ2n) is 6.96. The normalized spacial score (nSPS) is 15.5. The molecule has 1 fully saturated rings. The molecule has 1 aliphatic rings. The van der Waals surface area contributed by atoms with Crippen molar-refractivity contribution >= 4 is 6.01 Å². The molecule has 1 aliphatic heterocycles. The third-order valence-corrected chi connectivity index (χ3v) is 5.00. The van der Waals surface area contributed by atoms with Gasteiger partial charge in [0.05, 0.1) is 14.2 Å². The van der Waals surface area contributed by atoms with E-state index in [1.807, 2.05) is 18.2 Å². The molecule has 3 rings (SSSR count). The molecule has 0 unspecified atom stereocenters. The molecule has 2 heterocycles. The van der Waals surface area contributed by atoms with Gasteiger partial charge in [-0.3, -0.25) is 0 Å². The molecule has 2 aromatic rings. The van der Waals surface area contributed by atoms with Gasteiger partial charge in [-0.2, -0.15) is 4.98 Å². The van der Waals surface area contributed by atoms with Crippen LogP contribution < -0.4 is 14.8 Å². The molecule has 0 amide bonds. The van der Waals surface area contributed by atoms with Crippen molar-refractivity contribution in [3.05, 3.63) is 18.2 Å². The van der Waals surface area contributed by atoms with Crippen molar-refractivity contribution in [1.82, 2.24) is 19.9 Å². The highest BCUT2D eigenvalue weighted by molar-refractivity contribution is 5.61. The average molecular weight is 390 g/mol. The minimum atomic E-state index is 0.442. The van der Waals surface area contributed by atoms with Gasteiger partial charge in [0.25, 0.3) is 0 Å². The fraction of sp³-hybridized carbons (Fsp3) is 0.600. The molecule has 1 saturated heterocycles. The summed E-state index contributed by atoms with van der Waals surface area (Å²) < 4.78 is 15.9. The highest BCUT2D eigenvalue weighted by Gasteiger charge is 2.16. The second kappa shape index (κ2) is 10.3. The average Bonchev–Trinajstić information content (AvgIpc) is 3.21. The lowest BCUT2D eigenvalue weighted by Gasteiger charge is -2.34. The lowest BCUT2D eigenvalue weighted by Crippen LogP contribution is -2.46. The van der Waals surface area contributed by atoms with Gasteiger partial charge in [-0.25, -0.2) is 0 Å². The molecule has 28 heavy (non-hydrogen) atoms. The van der Waals surface area contributed by atoms with Crippen molar-refractivity contribution in [1.29, 1.82) is 0 Å². The molecular formula is C20H31N5O3. The Morgan fingerprint density at radius 1 is 1.04 bits per heavy atom. The quantitative estimate of drug-likeness (QED) is 0.622. The van der Waals surface area contributed by atoms with E-state index in [9.17, 15) is 0 Å². The summed E-state index contributed by atoms with van der Waals surface area (Å²) in [5, 5.41) is 7.27. The largest absolute Gasteiger partial charge is 0.493 e. The van der Waals surface area contributed by atoms with E-state index >= 15 is 0 Å². The fourth-order valence-electron chi connectivity index (χ4n) is 3.44. The van der Waals surface area contributed by atoms with Gasteiger partial charge in [0.2, 0.25) is 5.82 Å². The summed E-state index contributed by atoms with van der Waals surface area (Å²) in [5.74, 6) is 1.83. The number of anilines is 1. The molecule has 8 heteroatoms. The number of hydrogen-bond donors (Lipinski definition) is 1. The van der Waals surface area contributed by atoms with E-state index in [0.29, 0.717) is 23.3 Å². The van der Waals surface area contributed by atoms with Gasteiger partial charge >= 0.3 is 6.01 Å². The van der Waals surface area contributed by atoms with Gasteiger partial charge in [-0.15, -0.1) is 0 Å². The Balaban J connectivity index is 1.43. The number of ether oxygens (including phenoxy) is 2. The van der Waals surface area contributed by atoms with Crippen molar-refractivity contribution < 1.29 is 14.0 Å². The molecule has 0 radical (unpaired) electrons. The summed E-state index contributed by atoms with van der Waals surface area (Å²) in [6.07, 6.45) is 2.28. The van der Waals surface area contributed by atoms with E-state index in [2.05, 4.69) is 32.2 Å². The van der Waals surface area contributed by atoms with Gasteiger partial charge < -0.3 is 29.1 Å². The smallest absolute Gasteiger partial charge is 0.321 e. The minimum Gasteiger partial charge on any atom is -0.493 e. The monoisotopic (exact) mass is 389 g/mol. The SMILES string of the molecule is CCCN1CCN(CCCNc2nc(-c3ccc(OC)c(OC)c3)no2)CC1. The first-order valence-electron chi connectivity index (χ1n) is 9.98. The number of rotatable bonds is 10. The van der Waals surface area contributed by atoms with Crippen LogP contribution in [0.15, 0.2) is 22.7 Å². The maximum Gasteiger partial charge on any atom is 0.321 e. The third kappa shape index (κ3) is 5.36. The number of nitrogens with one attached hydrogen (secondary N) is 1. The summed E-state index contributed by atoms with van der Waals surface area (Å²) in [4.78, 5) is 9.49. The Kier molecular flexibility index (Phi) is 7.50. The summed E-state index contributed by atoms with van der Waals surface area (Å²) in [6.45, 7) is 10.0. The van der Waals surface area contributed by atoms with Crippen LogP contribution in [-0.2, 0) is 0 Å². The minimum absolute atomic E-state index is 0.442. The van der Waals surface area contributed by atoms with Crippen LogP contribution in [0.4, 0.5) is 6.01 Å². The van der Waals surface area contributed by atoms with Crippen LogP contribution in [0.3, 0.4) is 0 Å². The van der Waals surface area contributed by atoms with Crippen molar-refractivity contribution in [2.24, 2.45) is 0 Å². The van der Waals surface area contributed by atoms with E-state index in [1.54, 1.807) is 14.2 Å². The lowest BCUT2D eigenvalue weighted by molar-refractivity contribution is 0.132. The summed E-state index contributed by atoms with van der Waals surface area (Å²) >= 11 is 0. The Morgan fingerprint density at radius 2 is 1.75 bits per heavy atom. The first-order chi connectivity index (χ1) is 13.7. The molecule has 0 bridgehead atoms. The van der Waals surface area contributed by atoms with Crippen LogP contribution in [0.2, 0.25) is 0 Å². The maximum absolute atomic E-state index is 5.33. The fourth-order valence-corrected chi connectivity index (χ4v) is 3.44. The Hall–Kier alpha value is -2.32. The van der Waals surface area contributed by atoms with Crippen LogP contribution in [0.1, 0.15) is 19.8 Å². The van der Waals surface area contributed by atoms with E-state index in [-0.39, 0.29) is 0 Å². The van der Waals surface area contributed by atoms with Crippen LogP contribution in [0.25, 0.3) is 11.4 Å². The molecule has 0 atom stereocenters. The highest BCUT2D eigenvalue weighted by Crippen LogP contribution is 2.31. The topological polar surface area (TPSA) is 75.9 Å². The molecular weight excluding hydrogens is 358 g/mol. The first-order valence-corrected chi connectivity index (χ1v) is 9.98. The van der Waals surface area contributed by atoms with E-state index in [1.165, 1.54) is 26.1 Å². The van der Waals surface area contributed by atoms with Crippen LogP contribution in [0, 0.1) is 0 Å². The van der Waals surface area contributed by atoms with Gasteiger partial charge in [0.1, 0.15) is 0 Å². The number of piperazine rings is 1. The predicted octanol–water partition coefficient (Wildman–Crippen LogP) is 2.58. The zero-order chi connectivity index (χ0) is 19.8. The Bertz CT molecular complexity index is 728. The van der Waals surface area contributed by atoms with Gasteiger partial charge in [-0.1, -0.05) is 12.1 Å². The van der Waals surface area contributed by atoms with Gasteiger partial charge in [-0.05, 0) is 44.1 Å². The van der Waals surface area contributed by atoms with Crippen molar-refractivity contribution in [2.45, 2.75) is 19.8 Å². The maximum atomic E-state index is 5.33. The molecule has 154 valence electrons. The molecule has 0 spiro atoms. The molecule has 0 saturated carbocycles. The molecule has 1 aromatic heterocycles. The summed E-state index contributed by atoms with van der Waals surface area (Å²) in [6, 6.07) is 6.00. The first kappa shape index (κ1) is 20.4. The van der Waals surface area contributed by atoms with Gasteiger partial charge in [0, 0.05) is 38.3 Å². The zero-order valence-corrected chi connectivity index (χ0v) is 17.1. The molecule has 1 N–H and O–H groups in total. The van der Waals surface area contributed by atoms with Crippen LogP contribution >= 0.6 is 0 Å². The third-order valence-electron chi connectivity index (χ3n) is 5.00. The van der Waals surface area contributed by atoms with E-state index in [0.717, 1.165) is 38.2 Å². The molecule has 0 aliphatic carbocycles. The van der Waals surface area contributed by atoms with E-state index in [4.69, 9.17) is 14.0 Å².